The first-order valence-corrected chi connectivity index (χ1v) is 7.78. The van der Waals surface area contributed by atoms with Crippen molar-refractivity contribution in [3.8, 4) is 16.9 Å². The Hall–Kier alpha value is -1.22. The fraction of sp³-hybridized carbons (Fsp3) is 0.294. The molecule has 0 saturated heterocycles. The number of hydrogen-bond donors (Lipinski definition) is 1. The highest BCUT2D eigenvalue weighted by atomic mass is 35.5. The van der Waals surface area contributed by atoms with Crippen LogP contribution in [0.15, 0.2) is 36.4 Å². The van der Waals surface area contributed by atoms with Crippen LogP contribution >= 0.6 is 23.2 Å². The molecular weight excluding hydrogens is 305 g/mol. The number of rotatable bonds is 5. The fourth-order valence-corrected chi connectivity index (χ4v) is 2.68. The van der Waals surface area contributed by atoms with Crippen LogP contribution < -0.4 is 10.1 Å². The molecule has 4 heteroatoms. The molecule has 21 heavy (non-hydrogen) atoms. The fourth-order valence-electron chi connectivity index (χ4n) is 2.33. The lowest BCUT2D eigenvalue weighted by atomic mass is 10.0. The van der Waals surface area contributed by atoms with E-state index in [0.29, 0.717) is 11.1 Å². The third kappa shape index (κ3) is 3.52. The summed E-state index contributed by atoms with van der Waals surface area (Å²) in [5.74, 6) is 0.808. The number of ether oxygens (including phenoxy) is 1. The molecule has 0 aliphatic heterocycles. The van der Waals surface area contributed by atoms with Gasteiger partial charge in [-0.25, -0.2) is 0 Å². The lowest BCUT2D eigenvalue weighted by Crippen LogP contribution is -2.15. The molecule has 0 atom stereocenters. The van der Waals surface area contributed by atoms with Crippen LogP contribution in [-0.2, 0) is 6.54 Å². The standard InChI is InChI=1S/C17H17Cl2NO/c1-21-17-7-3-13(18)9-15(17)11-2-6-16(19)12(8-11)10-20-14-4-5-14/h2-3,6-9,14,20H,4-5,10H2,1H3. The summed E-state index contributed by atoms with van der Waals surface area (Å²) in [5, 5.41) is 4.97. The van der Waals surface area contributed by atoms with Crippen LogP contribution in [0.4, 0.5) is 0 Å². The van der Waals surface area contributed by atoms with Crippen LogP contribution in [0, 0.1) is 0 Å². The van der Waals surface area contributed by atoms with Crippen molar-refractivity contribution in [1.82, 2.24) is 5.32 Å². The first-order chi connectivity index (χ1) is 10.2. The van der Waals surface area contributed by atoms with E-state index in [1.165, 1.54) is 12.8 Å². The Morgan fingerprint density at radius 1 is 1.14 bits per heavy atom. The van der Waals surface area contributed by atoms with Crippen molar-refractivity contribution in [3.05, 3.63) is 52.0 Å². The first-order valence-electron chi connectivity index (χ1n) is 7.03. The summed E-state index contributed by atoms with van der Waals surface area (Å²) in [6.45, 7) is 0.792. The van der Waals surface area contributed by atoms with Crippen LogP contribution in [0.5, 0.6) is 5.75 Å². The van der Waals surface area contributed by atoms with E-state index < -0.39 is 0 Å². The van der Waals surface area contributed by atoms with E-state index in [1.54, 1.807) is 7.11 Å². The Balaban J connectivity index is 1.94. The highest BCUT2D eigenvalue weighted by Gasteiger charge is 2.20. The second-order valence-corrected chi connectivity index (χ2v) is 6.15. The lowest BCUT2D eigenvalue weighted by Gasteiger charge is -2.12. The zero-order valence-electron chi connectivity index (χ0n) is 11.8. The molecule has 0 aromatic heterocycles. The Morgan fingerprint density at radius 3 is 2.67 bits per heavy atom. The maximum Gasteiger partial charge on any atom is 0.126 e. The van der Waals surface area contributed by atoms with Crippen LogP contribution in [0.25, 0.3) is 11.1 Å². The van der Waals surface area contributed by atoms with E-state index in [1.807, 2.05) is 30.3 Å². The highest BCUT2D eigenvalue weighted by molar-refractivity contribution is 6.31. The van der Waals surface area contributed by atoms with Gasteiger partial charge in [0.25, 0.3) is 0 Å². The van der Waals surface area contributed by atoms with Gasteiger partial charge in [-0.1, -0.05) is 29.3 Å². The van der Waals surface area contributed by atoms with Crippen molar-refractivity contribution in [1.29, 1.82) is 0 Å². The topological polar surface area (TPSA) is 21.3 Å². The second-order valence-electron chi connectivity index (χ2n) is 5.31. The van der Waals surface area contributed by atoms with Crippen LogP contribution in [0.3, 0.4) is 0 Å². The van der Waals surface area contributed by atoms with E-state index in [9.17, 15) is 0 Å². The molecule has 0 spiro atoms. The Labute approximate surface area is 135 Å². The number of hydrogen-bond acceptors (Lipinski definition) is 2. The minimum Gasteiger partial charge on any atom is -0.496 e. The van der Waals surface area contributed by atoms with Gasteiger partial charge in [-0.15, -0.1) is 0 Å². The summed E-state index contributed by atoms with van der Waals surface area (Å²) in [6, 6.07) is 12.3. The van der Waals surface area contributed by atoms with Crippen molar-refractivity contribution >= 4 is 23.2 Å². The van der Waals surface area contributed by atoms with Gasteiger partial charge in [0.05, 0.1) is 7.11 Å². The first kappa shape index (κ1) is 14.7. The third-order valence-electron chi connectivity index (χ3n) is 3.68. The summed E-state index contributed by atoms with van der Waals surface area (Å²) in [5.41, 5.74) is 3.14. The predicted octanol–water partition coefficient (Wildman–Crippen LogP) is 4.92. The normalized spacial score (nSPS) is 14.2. The molecule has 2 aromatic carbocycles. The molecule has 1 fully saturated rings. The molecule has 0 unspecified atom stereocenters. The number of halogens is 2. The van der Waals surface area contributed by atoms with Crippen molar-refractivity contribution < 1.29 is 4.74 Å². The van der Waals surface area contributed by atoms with Gasteiger partial charge in [0.2, 0.25) is 0 Å². The molecule has 2 nitrogen and oxygen atoms in total. The van der Waals surface area contributed by atoms with E-state index in [-0.39, 0.29) is 0 Å². The van der Waals surface area contributed by atoms with Gasteiger partial charge in [0.15, 0.2) is 0 Å². The van der Waals surface area contributed by atoms with Crippen molar-refractivity contribution in [2.75, 3.05) is 7.11 Å². The summed E-state index contributed by atoms with van der Waals surface area (Å²) in [4.78, 5) is 0. The molecule has 0 radical (unpaired) electrons. The summed E-state index contributed by atoms with van der Waals surface area (Å²) < 4.78 is 5.43. The van der Waals surface area contributed by atoms with Gasteiger partial charge in [-0.05, 0) is 54.3 Å². The maximum atomic E-state index is 6.30. The molecule has 1 aliphatic rings. The SMILES string of the molecule is COc1ccc(Cl)cc1-c1ccc(Cl)c(CNC2CC2)c1. The summed E-state index contributed by atoms with van der Waals surface area (Å²) >= 11 is 12.4. The number of methoxy groups -OCH3 is 1. The van der Waals surface area contributed by atoms with Crippen molar-refractivity contribution in [2.45, 2.75) is 25.4 Å². The predicted molar refractivity (Wildman–Crippen MR) is 88.3 cm³/mol. The minimum atomic E-state index is 0.658. The van der Waals surface area contributed by atoms with Gasteiger partial charge in [0.1, 0.15) is 5.75 Å². The number of nitrogens with one attached hydrogen (secondary N) is 1. The quantitative estimate of drug-likeness (QED) is 0.843. The van der Waals surface area contributed by atoms with Crippen LogP contribution in [0.1, 0.15) is 18.4 Å². The largest absolute Gasteiger partial charge is 0.496 e. The van der Waals surface area contributed by atoms with Gasteiger partial charge in [-0.2, -0.15) is 0 Å². The van der Waals surface area contributed by atoms with E-state index in [2.05, 4.69) is 11.4 Å². The van der Waals surface area contributed by atoms with Crippen LogP contribution in [-0.4, -0.2) is 13.2 Å². The van der Waals surface area contributed by atoms with Crippen molar-refractivity contribution in [3.63, 3.8) is 0 Å². The minimum absolute atomic E-state index is 0.658. The zero-order chi connectivity index (χ0) is 14.8. The van der Waals surface area contributed by atoms with E-state index >= 15 is 0 Å². The molecule has 1 saturated carbocycles. The molecule has 2 aromatic rings. The summed E-state index contributed by atoms with van der Waals surface area (Å²) in [6.07, 6.45) is 2.53. The smallest absolute Gasteiger partial charge is 0.126 e. The Kier molecular flexibility index (Phi) is 4.39. The molecular formula is C17H17Cl2NO. The third-order valence-corrected chi connectivity index (χ3v) is 4.28. The second kappa shape index (κ2) is 6.27. The van der Waals surface area contributed by atoms with Gasteiger partial charge >= 0.3 is 0 Å². The van der Waals surface area contributed by atoms with E-state index in [4.69, 9.17) is 27.9 Å². The van der Waals surface area contributed by atoms with Gasteiger partial charge in [0, 0.05) is 28.2 Å². The van der Waals surface area contributed by atoms with Gasteiger partial charge in [-0.3, -0.25) is 0 Å². The molecule has 0 amide bonds. The number of benzene rings is 2. The molecule has 0 heterocycles. The lowest BCUT2D eigenvalue weighted by molar-refractivity contribution is 0.416. The zero-order valence-corrected chi connectivity index (χ0v) is 13.3. The average Bonchev–Trinajstić information content (AvgIpc) is 3.30. The molecule has 1 N–H and O–H groups in total. The summed E-state index contributed by atoms with van der Waals surface area (Å²) in [7, 11) is 1.66. The molecule has 110 valence electrons. The van der Waals surface area contributed by atoms with Crippen molar-refractivity contribution in [2.24, 2.45) is 0 Å². The maximum absolute atomic E-state index is 6.30. The Morgan fingerprint density at radius 2 is 1.95 bits per heavy atom. The average molecular weight is 322 g/mol. The van der Waals surface area contributed by atoms with Gasteiger partial charge < -0.3 is 10.1 Å². The van der Waals surface area contributed by atoms with E-state index in [0.717, 1.165) is 34.0 Å². The monoisotopic (exact) mass is 321 g/mol. The molecule has 0 bridgehead atoms. The van der Waals surface area contributed by atoms with Crippen LogP contribution in [0.2, 0.25) is 10.0 Å². The molecule has 3 rings (SSSR count). The molecule has 1 aliphatic carbocycles. The Bertz CT molecular complexity index is 653. The highest BCUT2D eigenvalue weighted by Crippen LogP contribution is 2.34.